The molecule has 0 spiro atoms. The van der Waals surface area contributed by atoms with Crippen LogP contribution in [0.25, 0.3) is 0 Å². The Labute approximate surface area is 176 Å². The van der Waals surface area contributed by atoms with E-state index in [-0.39, 0.29) is 11.5 Å². The Hall–Kier alpha value is -3.60. The van der Waals surface area contributed by atoms with Crippen molar-refractivity contribution in [3.8, 4) is 0 Å². The first kappa shape index (κ1) is 19.7. The summed E-state index contributed by atoms with van der Waals surface area (Å²) >= 11 is 0. The Kier molecular flexibility index (Phi) is 5.53. The van der Waals surface area contributed by atoms with Crippen LogP contribution in [0.1, 0.15) is 44.2 Å². The van der Waals surface area contributed by atoms with Crippen molar-refractivity contribution >= 4 is 23.3 Å². The Bertz CT molecular complexity index is 1060. The molecule has 0 bridgehead atoms. The summed E-state index contributed by atoms with van der Waals surface area (Å²) in [4.78, 5) is 26.5. The predicted molar refractivity (Wildman–Crippen MR) is 119 cm³/mol. The molecule has 1 aliphatic rings. The van der Waals surface area contributed by atoms with Crippen molar-refractivity contribution in [1.82, 2.24) is 0 Å². The Morgan fingerprint density at radius 2 is 1.73 bits per heavy atom. The molecule has 5 nitrogen and oxygen atoms in total. The number of carboxylic acids is 1. The molecule has 1 unspecified atom stereocenters. The van der Waals surface area contributed by atoms with Crippen molar-refractivity contribution in [2.75, 3.05) is 23.3 Å². The van der Waals surface area contributed by atoms with Crippen molar-refractivity contribution in [3.63, 3.8) is 0 Å². The van der Waals surface area contributed by atoms with E-state index in [9.17, 15) is 14.7 Å². The minimum Gasteiger partial charge on any atom is -0.478 e. The minimum absolute atomic E-state index is 0.199. The normalized spacial score (nSPS) is 15.8. The Morgan fingerprint density at radius 1 is 1.00 bits per heavy atom. The molecule has 4 rings (SSSR count). The van der Waals surface area contributed by atoms with Crippen molar-refractivity contribution in [2.45, 2.75) is 19.3 Å². The number of carbonyl (C=O) groups excluding carboxylic acids is 1. The van der Waals surface area contributed by atoms with Crippen LogP contribution in [0.2, 0.25) is 0 Å². The molecule has 0 aliphatic carbocycles. The molecule has 1 fully saturated rings. The summed E-state index contributed by atoms with van der Waals surface area (Å²) in [5.74, 6) is -0.877. The number of rotatable bonds is 5. The molecule has 3 aromatic carbocycles. The van der Waals surface area contributed by atoms with Gasteiger partial charge in [-0.2, -0.15) is 0 Å². The van der Waals surface area contributed by atoms with E-state index in [1.54, 1.807) is 30.3 Å². The van der Waals surface area contributed by atoms with Crippen LogP contribution in [-0.2, 0) is 0 Å². The molecule has 1 heterocycles. The average Bonchev–Trinajstić information content (AvgIpc) is 3.25. The zero-order chi connectivity index (χ0) is 21.1. The lowest BCUT2D eigenvalue weighted by molar-refractivity contribution is 0.0697. The quantitative estimate of drug-likeness (QED) is 0.636. The van der Waals surface area contributed by atoms with E-state index in [1.165, 1.54) is 5.56 Å². The van der Waals surface area contributed by atoms with Gasteiger partial charge in [0.1, 0.15) is 0 Å². The van der Waals surface area contributed by atoms with Gasteiger partial charge in [-0.3, -0.25) is 4.79 Å². The minimum atomic E-state index is -1.00. The van der Waals surface area contributed by atoms with Gasteiger partial charge in [-0.05, 0) is 49.2 Å². The van der Waals surface area contributed by atoms with Gasteiger partial charge < -0.3 is 15.3 Å². The molecular weight excluding hydrogens is 376 g/mol. The van der Waals surface area contributed by atoms with Gasteiger partial charge in [-0.1, -0.05) is 48.0 Å². The van der Waals surface area contributed by atoms with Crippen LogP contribution >= 0.6 is 0 Å². The number of aryl methyl sites for hydroxylation is 1. The topological polar surface area (TPSA) is 69.6 Å². The molecule has 152 valence electrons. The van der Waals surface area contributed by atoms with Gasteiger partial charge in [0.2, 0.25) is 0 Å². The van der Waals surface area contributed by atoms with E-state index in [1.807, 2.05) is 37.3 Å². The maximum absolute atomic E-state index is 12.5. The number of benzene rings is 3. The highest BCUT2D eigenvalue weighted by Gasteiger charge is 2.27. The molecule has 1 atom stereocenters. The highest BCUT2D eigenvalue weighted by molar-refractivity contribution is 6.05. The molecule has 0 saturated carbocycles. The third kappa shape index (κ3) is 4.20. The Balaban J connectivity index is 1.53. The van der Waals surface area contributed by atoms with Crippen LogP contribution in [0.15, 0.2) is 72.8 Å². The molecule has 1 amide bonds. The fourth-order valence-corrected chi connectivity index (χ4v) is 3.95. The largest absolute Gasteiger partial charge is 0.478 e. The fraction of sp³-hybridized carbons (Fsp3) is 0.200. The maximum atomic E-state index is 12.5. The van der Waals surface area contributed by atoms with Crippen molar-refractivity contribution in [2.24, 2.45) is 0 Å². The van der Waals surface area contributed by atoms with Crippen LogP contribution in [0, 0.1) is 6.92 Å². The molecule has 2 N–H and O–H groups in total. The number of nitrogens with zero attached hydrogens (tertiary/aromatic N) is 1. The number of carbonyl (C=O) groups is 2. The zero-order valence-electron chi connectivity index (χ0n) is 16.8. The molecule has 0 aromatic heterocycles. The van der Waals surface area contributed by atoms with Crippen molar-refractivity contribution < 1.29 is 14.7 Å². The zero-order valence-corrected chi connectivity index (χ0v) is 16.8. The summed E-state index contributed by atoms with van der Waals surface area (Å²) in [6.07, 6.45) is 0.981. The van der Waals surface area contributed by atoms with Crippen LogP contribution in [-0.4, -0.2) is 30.1 Å². The monoisotopic (exact) mass is 400 g/mol. The van der Waals surface area contributed by atoms with E-state index in [2.05, 4.69) is 22.3 Å². The second-order valence-electron chi connectivity index (χ2n) is 7.70. The average molecular weight is 400 g/mol. The number of amides is 1. The first-order chi connectivity index (χ1) is 14.5. The molecule has 3 aromatic rings. The van der Waals surface area contributed by atoms with Crippen LogP contribution in [0.5, 0.6) is 0 Å². The summed E-state index contributed by atoms with van der Waals surface area (Å²) in [6, 6.07) is 22.7. The number of hydrogen-bond acceptors (Lipinski definition) is 3. The molecule has 5 heteroatoms. The first-order valence-corrected chi connectivity index (χ1v) is 10.1. The van der Waals surface area contributed by atoms with Crippen molar-refractivity contribution in [1.29, 1.82) is 0 Å². The summed E-state index contributed by atoms with van der Waals surface area (Å²) < 4.78 is 0. The van der Waals surface area contributed by atoms with Gasteiger partial charge in [0, 0.05) is 30.3 Å². The lowest BCUT2D eigenvalue weighted by atomic mass is 9.99. The molecular formula is C25H24N2O3. The predicted octanol–water partition coefficient (Wildman–Crippen LogP) is 4.94. The van der Waals surface area contributed by atoms with Gasteiger partial charge in [0.05, 0.1) is 11.3 Å². The van der Waals surface area contributed by atoms with Gasteiger partial charge in [0.15, 0.2) is 0 Å². The summed E-state index contributed by atoms with van der Waals surface area (Å²) in [5.41, 5.74) is 4.24. The summed E-state index contributed by atoms with van der Waals surface area (Å²) in [6.45, 7) is 3.54. The van der Waals surface area contributed by atoms with Crippen molar-refractivity contribution in [3.05, 3.63) is 95.1 Å². The van der Waals surface area contributed by atoms with E-state index < -0.39 is 5.97 Å². The number of anilines is 2. The van der Waals surface area contributed by atoms with E-state index in [4.69, 9.17) is 0 Å². The second-order valence-corrected chi connectivity index (χ2v) is 7.70. The number of nitrogens with one attached hydrogen (secondary N) is 1. The SMILES string of the molecule is Cc1ccc(C(=O)Nc2ccc(N3CCC(c4ccccc4)C3)c(C(=O)O)c2)cc1. The van der Waals surface area contributed by atoms with E-state index >= 15 is 0 Å². The highest BCUT2D eigenvalue weighted by Crippen LogP contribution is 2.33. The van der Waals surface area contributed by atoms with Gasteiger partial charge in [0.25, 0.3) is 5.91 Å². The maximum Gasteiger partial charge on any atom is 0.337 e. The Morgan fingerprint density at radius 3 is 2.43 bits per heavy atom. The summed E-state index contributed by atoms with van der Waals surface area (Å²) in [5, 5.41) is 12.6. The number of aromatic carboxylic acids is 1. The summed E-state index contributed by atoms with van der Waals surface area (Å²) in [7, 11) is 0. The fourth-order valence-electron chi connectivity index (χ4n) is 3.95. The molecule has 30 heavy (non-hydrogen) atoms. The van der Waals surface area contributed by atoms with Crippen LogP contribution < -0.4 is 10.2 Å². The van der Waals surface area contributed by atoms with Gasteiger partial charge >= 0.3 is 5.97 Å². The van der Waals surface area contributed by atoms with Gasteiger partial charge in [-0.15, -0.1) is 0 Å². The number of hydrogen-bond donors (Lipinski definition) is 2. The number of carboxylic acid groups (broad SMARTS) is 1. The first-order valence-electron chi connectivity index (χ1n) is 10.1. The highest BCUT2D eigenvalue weighted by atomic mass is 16.4. The smallest absolute Gasteiger partial charge is 0.337 e. The lowest BCUT2D eigenvalue weighted by Gasteiger charge is -2.21. The van der Waals surface area contributed by atoms with E-state index in [0.29, 0.717) is 22.9 Å². The van der Waals surface area contributed by atoms with Crippen LogP contribution in [0.3, 0.4) is 0 Å². The van der Waals surface area contributed by atoms with E-state index in [0.717, 1.165) is 25.1 Å². The second kappa shape index (κ2) is 8.41. The third-order valence-electron chi connectivity index (χ3n) is 5.60. The standard InChI is InChI=1S/C25H24N2O3/c1-17-7-9-19(10-8-17)24(28)26-21-11-12-23(22(15-21)25(29)30)27-14-13-20(16-27)18-5-3-2-4-6-18/h2-12,15,20H,13-14,16H2,1H3,(H,26,28)(H,29,30). The molecule has 1 aliphatic heterocycles. The van der Waals surface area contributed by atoms with Gasteiger partial charge in [-0.25, -0.2) is 4.79 Å². The molecule has 1 saturated heterocycles. The third-order valence-corrected chi connectivity index (χ3v) is 5.60. The van der Waals surface area contributed by atoms with Crippen LogP contribution in [0.4, 0.5) is 11.4 Å². The molecule has 0 radical (unpaired) electrons. The lowest BCUT2D eigenvalue weighted by Crippen LogP contribution is -2.22.